The molecule has 32 heavy (non-hydrogen) atoms. The molecule has 4 rings (SSSR count). The Balaban J connectivity index is 1.46. The molecule has 2 saturated heterocycles. The van der Waals surface area contributed by atoms with Crippen molar-refractivity contribution in [3.63, 3.8) is 0 Å². The summed E-state index contributed by atoms with van der Waals surface area (Å²) in [6, 6.07) is 5.88. The normalized spacial score (nSPS) is 21.5. The molecule has 172 valence electrons. The van der Waals surface area contributed by atoms with Gasteiger partial charge >= 0.3 is 0 Å². The second-order valence-electron chi connectivity index (χ2n) is 7.92. The van der Waals surface area contributed by atoms with Gasteiger partial charge in [-0.3, -0.25) is 9.69 Å². The lowest BCUT2D eigenvalue weighted by Crippen LogP contribution is -2.61. The number of amides is 1. The minimum Gasteiger partial charge on any atom is -0.476 e. The van der Waals surface area contributed by atoms with Crippen LogP contribution in [0.5, 0.6) is 5.75 Å². The fourth-order valence-corrected chi connectivity index (χ4v) is 4.31. The van der Waals surface area contributed by atoms with Gasteiger partial charge in [0.15, 0.2) is 0 Å². The number of carbonyl (C=O) groups is 1. The lowest BCUT2D eigenvalue weighted by Gasteiger charge is -2.47. The van der Waals surface area contributed by atoms with Gasteiger partial charge in [0.25, 0.3) is 5.91 Å². The van der Waals surface area contributed by atoms with E-state index < -0.39 is 29.6 Å². The summed E-state index contributed by atoms with van der Waals surface area (Å²) in [6.07, 6.45) is 0.492. The van der Waals surface area contributed by atoms with Gasteiger partial charge in [-0.2, -0.15) is 0 Å². The smallest absolute Gasteiger partial charge is 0.266 e. The Morgan fingerprint density at radius 3 is 2.44 bits per heavy atom. The molecule has 0 aromatic heterocycles. The van der Waals surface area contributed by atoms with Crippen LogP contribution in [0, 0.1) is 17.5 Å². The fourth-order valence-electron chi connectivity index (χ4n) is 4.10. The van der Waals surface area contributed by atoms with E-state index in [4.69, 9.17) is 21.1 Å². The van der Waals surface area contributed by atoms with Crippen molar-refractivity contribution in [2.75, 3.05) is 39.4 Å². The van der Waals surface area contributed by atoms with Gasteiger partial charge in [0.05, 0.1) is 18.2 Å². The van der Waals surface area contributed by atoms with Gasteiger partial charge in [0.1, 0.15) is 29.2 Å². The first-order valence-corrected chi connectivity index (χ1v) is 11.0. The van der Waals surface area contributed by atoms with Crippen LogP contribution in [0.1, 0.15) is 24.4 Å². The highest BCUT2D eigenvalue weighted by atomic mass is 35.5. The van der Waals surface area contributed by atoms with Crippen LogP contribution in [0.3, 0.4) is 0 Å². The highest BCUT2D eigenvalue weighted by Gasteiger charge is 2.51. The van der Waals surface area contributed by atoms with E-state index in [0.29, 0.717) is 13.0 Å². The van der Waals surface area contributed by atoms with Crippen molar-refractivity contribution in [1.29, 1.82) is 0 Å². The zero-order valence-corrected chi connectivity index (χ0v) is 18.2. The predicted molar refractivity (Wildman–Crippen MR) is 113 cm³/mol. The van der Waals surface area contributed by atoms with Gasteiger partial charge in [-0.25, -0.2) is 13.2 Å². The first-order chi connectivity index (χ1) is 15.4. The molecular weight excluding hydrogens is 445 g/mol. The molecular formula is C23H24ClF3N2O3. The number of ether oxygens (including phenoxy) is 2. The Morgan fingerprint density at radius 2 is 1.69 bits per heavy atom. The first kappa shape index (κ1) is 22.9. The van der Waals surface area contributed by atoms with Crippen molar-refractivity contribution >= 4 is 17.5 Å². The Bertz CT molecular complexity index is 971. The third-order valence-electron chi connectivity index (χ3n) is 5.80. The van der Waals surface area contributed by atoms with Crippen molar-refractivity contribution < 1.29 is 27.4 Å². The molecule has 0 radical (unpaired) electrons. The van der Waals surface area contributed by atoms with Gasteiger partial charge < -0.3 is 14.4 Å². The number of rotatable bonds is 8. The van der Waals surface area contributed by atoms with Crippen LogP contribution < -0.4 is 4.74 Å². The molecule has 2 atom stereocenters. The van der Waals surface area contributed by atoms with Crippen molar-refractivity contribution in [2.45, 2.75) is 25.0 Å². The van der Waals surface area contributed by atoms with Crippen LogP contribution in [0.4, 0.5) is 13.2 Å². The fraction of sp³-hybridized carbons (Fsp3) is 0.435. The summed E-state index contributed by atoms with van der Waals surface area (Å²) in [5.74, 6) is -2.00. The molecule has 2 aliphatic rings. The van der Waals surface area contributed by atoms with Crippen LogP contribution in [-0.4, -0.2) is 61.2 Å². The summed E-state index contributed by atoms with van der Waals surface area (Å²) in [4.78, 5) is 16.7. The van der Waals surface area contributed by atoms with Gasteiger partial charge in [0, 0.05) is 25.2 Å². The Morgan fingerprint density at radius 1 is 1.00 bits per heavy atom. The standard InChI is InChI=1S/C23H24ClF3N2O3/c24-18-14-16(26)4-6-20(18)32-22-21(17-13-15(25)3-5-19(17)27)29(23(22)30)8-2-1-7-28-9-11-31-12-10-28/h3-6,13-14,21-22H,1-2,7-12H2/t21-,22-/m1/s1. The molecule has 2 aromatic rings. The van der Waals surface area contributed by atoms with Crippen molar-refractivity contribution in [2.24, 2.45) is 0 Å². The average molecular weight is 469 g/mol. The number of carbonyl (C=O) groups excluding carboxylic acids is 1. The van der Waals surface area contributed by atoms with Gasteiger partial charge in [-0.05, 0) is 55.8 Å². The highest BCUT2D eigenvalue weighted by molar-refractivity contribution is 6.32. The molecule has 0 spiro atoms. The predicted octanol–water partition coefficient (Wildman–Crippen LogP) is 4.20. The quantitative estimate of drug-likeness (QED) is 0.430. The average Bonchev–Trinajstić information content (AvgIpc) is 2.78. The Labute approximate surface area is 189 Å². The van der Waals surface area contributed by atoms with E-state index >= 15 is 0 Å². The van der Waals surface area contributed by atoms with Gasteiger partial charge in [0.2, 0.25) is 6.10 Å². The van der Waals surface area contributed by atoms with E-state index in [1.165, 1.54) is 11.0 Å². The number of morpholine rings is 1. The summed E-state index contributed by atoms with van der Waals surface area (Å²) in [5.41, 5.74) is 0.0426. The summed E-state index contributed by atoms with van der Waals surface area (Å²) < 4.78 is 52.9. The second-order valence-corrected chi connectivity index (χ2v) is 8.32. The summed E-state index contributed by atoms with van der Waals surface area (Å²) in [6.45, 7) is 4.48. The van der Waals surface area contributed by atoms with Crippen LogP contribution >= 0.6 is 11.6 Å². The summed E-state index contributed by atoms with van der Waals surface area (Å²) in [5, 5.41) is 0.000209. The monoisotopic (exact) mass is 468 g/mol. The lowest BCUT2D eigenvalue weighted by atomic mass is 9.89. The highest BCUT2D eigenvalue weighted by Crippen LogP contribution is 2.40. The van der Waals surface area contributed by atoms with Crippen LogP contribution in [0.15, 0.2) is 36.4 Å². The number of nitrogens with zero attached hydrogens (tertiary/aromatic N) is 2. The first-order valence-electron chi connectivity index (χ1n) is 10.6. The van der Waals surface area contributed by atoms with E-state index in [2.05, 4.69) is 4.90 Å². The van der Waals surface area contributed by atoms with E-state index in [-0.39, 0.29) is 22.2 Å². The lowest BCUT2D eigenvalue weighted by molar-refractivity contribution is -0.164. The van der Waals surface area contributed by atoms with Crippen molar-refractivity contribution in [1.82, 2.24) is 9.80 Å². The largest absolute Gasteiger partial charge is 0.476 e. The summed E-state index contributed by atoms with van der Waals surface area (Å²) >= 11 is 6.03. The Hall–Kier alpha value is -2.29. The van der Waals surface area contributed by atoms with E-state index in [1.54, 1.807) is 0 Å². The molecule has 0 unspecified atom stereocenters. The molecule has 0 aliphatic carbocycles. The molecule has 2 aliphatic heterocycles. The zero-order valence-electron chi connectivity index (χ0n) is 17.4. The number of unbranched alkanes of at least 4 members (excludes halogenated alkanes) is 1. The summed E-state index contributed by atoms with van der Waals surface area (Å²) in [7, 11) is 0. The molecule has 2 fully saturated rings. The molecule has 0 bridgehead atoms. The molecule has 2 heterocycles. The minimum atomic E-state index is -1.08. The maximum absolute atomic E-state index is 14.6. The maximum atomic E-state index is 14.6. The number of hydrogen-bond donors (Lipinski definition) is 0. The Kier molecular flexibility index (Phi) is 7.23. The third kappa shape index (κ3) is 5.03. The van der Waals surface area contributed by atoms with E-state index in [1.807, 2.05) is 0 Å². The third-order valence-corrected chi connectivity index (χ3v) is 6.10. The van der Waals surface area contributed by atoms with Gasteiger partial charge in [-0.15, -0.1) is 0 Å². The molecule has 1 amide bonds. The number of halogens is 4. The number of β-lactam (4-membered cyclic amide) rings is 1. The van der Waals surface area contributed by atoms with E-state index in [9.17, 15) is 18.0 Å². The number of hydrogen-bond acceptors (Lipinski definition) is 4. The molecule has 9 heteroatoms. The number of likely N-dealkylation sites (tertiary alicyclic amines) is 1. The van der Waals surface area contributed by atoms with Crippen LogP contribution in [0.2, 0.25) is 5.02 Å². The number of benzene rings is 2. The zero-order chi connectivity index (χ0) is 22.7. The SMILES string of the molecule is O=C1[C@H](Oc2ccc(F)cc2Cl)[C@@H](c2cc(F)ccc2F)N1CCCCN1CCOCC1. The molecule has 2 aromatic carbocycles. The van der Waals surface area contributed by atoms with Crippen molar-refractivity contribution in [3.8, 4) is 5.75 Å². The minimum absolute atomic E-state index is 0.000209. The van der Waals surface area contributed by atoms with Gasteiger partial charge in [-0.1, -0.05) is 11.6 Å². The molecule has 0 N–H and O–H groups in total. The van der Waals surface area contributed by atoms with Crippen LogP contribution in [0.25, 0.3) is 0 Å². The molecule has 5 nitrogen and oxygen atoms in total. The second kappa shape index (κ2) is 10.1. The van der Waals surface area contributed by atoms with Crippen LogP contribution in [-0.2, 0) is 9.53 Å². The van der Waals surface area contributed by atoms with Crippen molar-refractivity contribution in [3.05, 3.63) is 64.4 Å². The maximum Gasteiger partial charge on any atom is 0.266 e. The van der Waals surface area contributed by atoms with E-state index in [0.717, 1.165) is 69.6 Å². The topological polar surface area (TPSA) is 42.0 Å². The molecule has 0 saturated carbocycles.